The summed E-state index contributed by atoms with van der Waals surface area (Å²) in [6.45, 7) is 0. The normalized spacial score (nSPS) is 0. The average molecular weight is 166 g/mol. The predicted molar refractivity (Wildman–Crippen MR) is 14.0 cm³/mol. The van der Waals surface area contributed by atoms with Gasteiger partial charge in [-0.1, -0.05) is 0 Å². The van der Waals surface area contributed by atoms with Gasteiger partial charge in [-0.3, -0.25) is 0 Å². The van der Waals surface area contributed by atoms with Crippen molar-refractivity contribution in [2.75, 3.05) is 0 Å². The van der Waals surface area contributed by atoms with Gasteiger partial charge in [0.2, 0.25) is 0 Å². The maximum atomic E-state index is 0. The molecule has 0 bridgehead atoms. The molecule has 0 rings (SSSR count). The molecule has 0 spiro atoms. The quantitative estimate of drug-likeness (QED) is 0.425. The minimum Gasteiger partial charge on any atom is -0.412 e. The number of rotatable bonds is 0. The Morgan fingerprint density at radius 2 is 1.00 bits per heavy atom. The van der Waals surface area contributed by atoms with Crippen molar-refractivity contribution in [3.8, 4) is 0 Å². The zero-order valence-electron chi connectivity index (χ0n) is 1.71. The van der Waals surface area contributed by atoms with E-state index in [9.17, 15) is 0 Å². The SMILES string of the molecule is O.S.[Co].[Mn]. The summed E-state index contributed by atoms with van der Waals surface area (Å²) in [5.41, 5.74) is 0. The first-order valence-corrected chi connectivity index (χ1v) is 0. The van der Waals surface area contributed by atoms with Crippen molar-refractivity contribution < 1.29 is 39.3 Å². The van der Waals surface area contributed by atoms with Crippen LogP contribution in [0.3, 0.4) is 0 Å². The molecule has 32 valence electrons. The van der Waals surface area contributed by atoms with E-state index >= 15 is 0 Å². The zero-order valence-corrected chi connectivity index (χ0v) is 4.93. The second-order valence-electron chi connectivity index (χ2n) is 0. The maximum Gasteiger partial charge on any atom is 0 e. The molecule has 0 atom stereocenters. The van der Waals surface area contributed by atoms with Gasteiger partial charge in [-0.15, -0.1) is 0 Å². The van der Waals surface area contributed by atoms with Gasteiger partial charge in [0, 0.05) is 33.8 Å². The van der Waals surface area contributed by atoms with Crippen LogP contribution in [-0.2, 0) is 33.8 Å². The summed E-state index contributed by atoms with van der Waals surface area (Å²) >= 11 is 0. The Labute approximate surface area is 53.0 Å². The third-order valence-electron chi connectivity index (χ3n) is 0. The van der Waals surface area contributed by atoms with Gasteiger partial charge >= 0.3 is 0 Å². The fraction of sp³-hybridized carbons (Fsp3) is 0. The first-order valence-electron chi connectivity index (χ1n) is 0. The molecule has 0 fully saturated rings. The molecule has 4 heavy (non-hydrogen) atoms. The topological polar surface area (TPSA) is 31.5 Å². The molecule has 2 N–H and O–H groups in total. The van der Waals surface area contributed by atoms with Crippen LogP contribution in [-0.4, -0.2) is 5.48 Å². The fourth-order valence-electron chi connectivity index (χ4n) is 0. The third kappa shape index (κ3) is 10.2. The van der Waals surface area contributed by atoms with E-state index in [0.717, 1.165) is 0 Å². The second-order valence-corrected chi connectivity index (χ2v) is 0. The molecule has 0 heterocycles. The molecule has 4 heteroatoms. The van der Waals surface area contributed by atoms with Gasteiger partial charge in [0.15, 0.2) is 0 Å². The molecule has 0 aliphatic carbocycles. The van der Waals surface area contributed by atoms with Gasteiger partial charge in [0.1, 0.15) is 0 Å². The van der Waals surface area contributed by atoms with Crippen LogP contribution in [0.15, 0.2) is 0 Å². The van der Waals surface area contributed by atoms with Crippen molar-refractivity contribution >= 4 is 13.5 Å². The van der Waals surface area contributed by atoms with Crippen LogP contribution in [0.2, 0.25) is 0 Å². The first kappa shape index (κ1) is 56.2. The maximum absolute atomic E-state index is 0. The van der Waals surface area contributed by atoms with E-state index in [2.05, 4.69) is 0 Å². The van der Waals surface area contributed by atoms with Crippen molar-refractivity contribution in [2.45, 2.75) is 0 Å². The van der Waals surface area contributed by atoms with E-state index in [1.54, 1.807) is 0 Å². The van der Waals surface area contributed by atoms with Crippen LogP contribution >= 0.6 is 13.5 Å². The second kappa shape index (κ2) is 27.0. The largest absolute Gasteiger partial charge is 0.412 e. The Morgan fingerprint density at radius 3 is 1.00 bits per heavy atom. The third-order valence-corrected chi connectivity index (χ3v) is 0. The van der Waals surface area contributed by atoms with Gasteiger partial charge in [0.05, 0.1) is 0 Å². The van der Waals surface area contributed by atoms with Crippen molar-refractivity contribution in [3.63, 3.8) is 0 Å². The van der Waals surface area contributed by atoms with Crippen molar-refractivity contribution in [1.29, 1.82) is 0 Å². The van der Waals surface area contributed by atoms with Gasteiger partial charge in [-0.2, -0.15) is 13.5 Å². The summed E-state index contributed by atoms with van der Waals surface area (Å²) in [4.78, 5) is 0. The first-order chi connectivity index (χ1) is 0. The molecule has 1 nitrogen and oxygen atoms in total. The van der Waals surface area contributed by atoms with Crippen molar-refractivity contribution in [3.05, 3.63) is 0 Å². The van der Waals surface area contributed by atoms with E-state index < -0.39 is 0 Å². The molecule has 0 aromatic rings. The van der Waals surface area contributed by atoms with Gasteiger partial charge < -0.3 is 5.48 Å². The summed E-state index contributed by atoms with van der Waals surface area (Å²) in [5, 5.41) is 0. The zero-order chi connectivity index (χ0) is 0. The van der Waals surface area contributed by atoms with E-state index in [0.29, 0.717) is 0 Å². The minimum absolute atomic E-state index is 0. The molecule has 0 aliphatic rings. The summed E-state index contributed by atoms with van der Waals surface area (Å²) in [5.74, 6) is 0. The van der Waals surface area contributed by atoms with Crippen LogP contribution in [0.5, 0.6) is 0 Å². The minimum atomic E-state index is 0. The van der Waals surface area contributed by atoms with Gasteiger partial charge in [0.25, 0.3) is 0 Å². The van der Waals surface area contributed by atoms with E-state index in [4.69, 9.17) is 0 Å². The molecule has 0 amide bonds. The molecule has 0 saturated carbocycles. The molecule has 0 aromatic heterocycles. The van der Waals surface area contributed by atoms with Crippen molar-refractivity contribution in [1.82, 2.24) is 0 Å². The van der Waals surface area contributed by atoms with Gasteiger partial charge in [-0.25, -0.2) is 0 Å². The number of hydrogen-bond acceptors (Lipinski definition) is 0. The Kier molecular flexibility index (Phi) is 380. The molecular weight excluding hydrogens is 162 g/mol. The smallest absolute Gasteiger partial charge is 0 e. The molecule has 0 aromatic carbocycles. The molecule has 2 radical (unpaired) electrons. The Morgan fingerprint density at radius 1 is 1.00 bits per heavy atom. The monoisotopic (exact) mass is 166 g/mol. The Hall–Kier alpha value is 1.34. The van der Waals surface area contributed by atoms with Gasteiger partial charge in [-0.05, 0) is 0 Å². The van der Waals surface area contributed by atoms with E-state index in [1.807, 2.05) is 0 Å². The van der Waals surface area contributed by atoms with Crippen LogP contribution in [0, 0.1) is 0 Å². The standard InChI is InChI=1S/Co.Mn.H2O.H2S/h;;2*1H2. The molecule has 0 aliphatic heterocycles. The number of hydrogen-bond donors (Lipinski definition) is 0. The van der Waals surface area contributed by atoms with Crippen molar-refractivity contribution in [2.24, 2.45) is 0 Å². The average Bonchev–Trinajstić information content (AvgIpc) is 0. The summed E-state index contributed by atoms with van der Waals surface area (Å²) in [7, 11) is 0. The summed E-state index contributed by atoms with van der Waals surface area (Å²) < 4.78 is 0. The molecular formula is H4CoMnOS. The van der Waals surface area contributed by atoms with E-state index in [1.165, 1.54) is 0 Å². The van der Waals surface area contributed by atoms with Crippen LogP contribution in [0.1, 0.15) is 0 Å². The molecule has 0 saturated heterocycles. The Balaban J connectivity index is 0. The Bertz CT molecular complexity index is 8.00. The predicted octanol–water partition coefficient (Wildman–Crippen LogP) is -0.717. The van der Waals surface area contributed by atoms with Crippen LogP contribution in [0.25, 0.3) is 0 Å². The van der Waals surface area contributed by atoms with E-state index in [-0.39, 0.29) is 52.8 Å². The molecule has 0 unspecified atom stereocenters. The summed E-state index contributed by atoms with van der Waals surface area (Å²) in [6.07, 6.45) is 0. The fourth-order valence-corrected chi connectivity index (χ4v) is 0. The summed E-state index contributed by atoms with van der Waals surface area (Å²) in [6, 6.07) is 0. The van der Waals surface area contributed by atoms with Crippen LogP contribution in [0.4, 0.5) is 0 Å². The van der Waals surface area contributed by atoms with Crippen LogP contribution < -0.4 is 0 Å².